The van der Waals surface area contributed by atoms with Crippen molar-refractivity contribution in [2.45, 2.75) is 5.92 Å². The van der Waals surface area contributed by atoms with E-state index in [0.717, 1.165) is 10.2 Å². The highest BCUT2D eigenvalue weighted by molar-refractivity contribution is 7.18. The van der Waals surface area contributed by atoms with Crippen molar-refractivity contribution in [3.63, 3.8) is 0 Å². The Bertz CT molecular complexity index is 630. The van der Waals surface area contributed by atoms with Gasteiger partial charge in [-0.25, -0.2) is 4.98 Å². The number of carbonyl (C=O) groups excluding carboxylic acids is 1. The van der Waals surface area contributed by atoms with Crippen LogP contribution in [0, 0.1) is 23.7 Å². The van der Waals surface area contributed by atoms with Crippen LogP contribution in [0.3, 0.4) is 0 Å². The maximum absolute atomic E-state index is 11.7. The minimum atomic E-state index is -0.907. The van der Waals surface area contributed by atoms with Crippen LogP contribution in [0.2, 0.25) is 0 Å². The van der Waals surface area contributed by atoms with Crippen molar-refractivity contribution in [3.05, 3.63) is 29.3 Å². The Labute approximate surface area is 108 Å². The second kappa shape index (κ2) is 5.31. The second-order valence-corrected chi connectivity index (χ2v) is 4.57. The summed E-state index contributed by atoms with van der Waals surface area (Å²) in [5, 5.41) is 12.1. The van der Waals surface area contributed by atoms with Gasteiger partial charge < -0.3 is 5.32 Å². The Morgan fingerprint density at radius 1 is 1.56 bits per heavy atom. The molecule has 0 aliphatic heterocycles. The number of terminal acetylenes is 1. The van der Waals surface area contributed by atoms with Crippen LogP contribution in [-0.2, 0) is 4.79 Å². The third-order valence-corrected chi connectivity index (χ3v) is 3.41. The first kappa shape index (κ1) is 12.1. The summed E-state index contributed by atoms with van der Waals surface area (Å²) in [4.78, 5) is 16.0. The normalized spacial score (nSPS) is 11.4. The number of nitrogens with zero attached hydrogens (tertiary/aromatic N) is 2. The monoisotopic (exact) mass is 255 g/mol. The van der Waals surface area contributed by atoms with Gasteiger partial charge in [0, 0.05) is 0 Å². The Morgan fingerprint density at radius 3 is 3.00 bits per heavy atom. The van der Waals surface area contributed by atoms with Crippen LogP contribution in [0.1, 0.15) is 10.9 Å². The molecule has 18 heavy (non-hydrogen) atoms. The minimum Gasteiger partial charge on any atom is -0.344 e. The molecule has 1 heterocycles. The van der Waals surface area contributed by atoms with E-state index in [9.17, 15) is 4.79 Å². The van der Waals surface area contributed by atoms with E-state index in [1.807, 2.05) is 30.3 Å². The summed E-state index contributed by atoms with van der Waals surface area (Å²) in [5.41, 5.74) is 0.794. The molecule has 1 aromatic carbocycles. The van der Waals surface area contributed by atoms with Gasteiger partial charge in [-0.2, -0.15) is 5.26 Å². The molecule has 1 aromatic heterocycles. The molecule has 0 unspecified atom stereocenters. The first-order valence-corrected chi connectivity index (χ1v) is 6.04. The third-order valence-electron chi connectivity index (χ3n) is 2.31. The number of benzene rings is 1. The molecule has 0 saturated heterocycles. The Hall–Kier alpha value is -2.37. The van der Waals surface area contributed by atoms with Gasteiger partial charge in [-0.3, -0.25) is 4.79 Å². The molecule has 0 aliphatic rings. The van der Waals surface area contributed by atoms with Crippen molar-refractivity contribution in [1.29, 1.82) is 5.26 Å². The number of thiazole rings is 1. The predicted octanol–water partition coefficient (Wildman–Crippen LogP) is 1.65. The highest BCUT2D eigenvalue weighted by atomic mass is 32.1. The molecule has 0 bridgehead atoms. The summed E-state index contributed by atoms with van der Waals surface area (Å²) in [6.45, 7) is 0.113. The lowest BCUT2D eigenvalue weighted by molar-refractivity contribution is -0.121. The maximum Gasteiger partial charge on any atom is 0.245 e. The van der Waals surface area contributed by atoms with Crippen LogP contribution < -0.4 is 5.32 Å². The van der Waals surface area contributed by atoms with E-state index in [0.29, 0.717) is 5.01 Å². The van der Waals surface area contributed by atoms with Crippen LogP contribution >= 0.6 is 11.3 Å². The number of rotatable bonds is 3. The molecule has 5 heteroatoms. The molecule has 2 rings (SSSR count). The predicted molar refractivity (Wildman–Crippen MR) is 69.8 cm³/mol. The number of hydrogen-bond donors (Lipinski definition) is 1. The van der Waals surface area contributed by atoms with Crippen molar-refractivity contribution in [3.8, 4) is 18.4 Å². The van der Waals surface area contributed by atoms with Gasteiger partial charge in [-0.1, -0.05) is 18.1 Å². The summed E-state index contributed by atoms with van der Waals surface area (Å²) >= 11 is 1.35. The molecular formula is C13H9N3OS. The topological polar surface area (TPSA) is 65.8 Å². The maximum atomic E-state index is 11.7. The number of amides is 1. The van der Waals surface area contributed by atoms with Gasteiger partial charge in [-0.05, 0) is 12.1 Å². The van der Waals surface area contributed by atoms with Crippen LogP contribution in [0.5, 0.6) is 0 Å². The molecule has 4 nitrogen and oxygen atoms in total. The number of aromatic nitrogens is 1. The number of nitriles is 1. The molecule has 0 saturated carbocycles. The zero-order valence-corrected chi connectivity index (χ0v) is 10.2. The summed E-state index contributed by atoms with van der Waals surface area (Å²) in [5.74, 6) is 0.983. The van der Waals surface area contributed by atoms with Gasteiger partial charge in [0.05, 0.1) is 22.8 Å². The largest absolute Gasteiger partial charge is 0.344 e. The lowest BCUT2D eigenvalue weighted by atomic mass is 10.1. The van der Waals surface area contributed by atoms with E-state index in [1.165, 1.54) is 11.3 Å². The molecule has 0 fully saturated rings. The molecule has 1 N–H and O–H groups in total. The summed E-state index contributed by atoms with van der Waals surface area (Å²) < 4.78 is 0.956. The standard InChI is InChI=1S/C13H9N3OS/c1-2-7-15-12(17)9(8-14)13-16-10-5-3-4-6-11(10)18-13/h1,3-6,9H,7H2,(H,15,17)/t9-/m0/s1. The van der Waals surface area contributed by atoms with E-state index in [2.05, 4.69) is 16.2 Å². The zero-order chi connectivity index (χ0) is 13.0. The lowest BCUT2D eigenvalue weighted by Gasteiger charge is -2.04. The fourth-order valence-corrected chi connectivity index (χ4v) is 2.49. The van der Waals surface area contributed by atoms with Gasteiger partial charge in [0.2, 0.25) is 5.91 Å². The number of hydrogen-bond acceptors (Lipinski definition) is 4. The number of para-hydroxylation sites is 1. The van der Waals surface area contributed by atoms with Gasteiger partial charge in [0.1, 0.15) is 5.01 Å². The molecule has 88 valence electrons. The highest BCUT2D eigenvalue weighted by Gasteiger charge is 2.23. The van der Waals surface area contributed by atoms with E-state index in [-0.39, 0.29) is 6.54 Å². The van der Waals surface area contributed by atoms with Gasteiger partial charge >= 0.3 is 0 Å². The number of nitrogens with one attached hydrogen (secondary N) is 1. The smallest absolute Gasteiger partial charge is 0.245 e. The summed E-state index contributed by atoms with van der Waals surface area (Å²) in [7, 11) is 0. The van der Waals surface area contributed by atoms with Crippen molar-refractivity contribution in [1.82, 2.24) is 10.3 Å². The highest BCUT2D eigenvalue weighted by Crippen LogP contribution is 2.27. The second-order valence-electron chi connectivity index (χ2n) is 3.50. The number of fused-ring (bicyclic) bond motifs is 1. The fourth-order valence-electron chi connectivity index (χ4n) is 1.48. The number of carbonyl (C=O) groups is 1. The minimum absolute atomic E-state index is 0.113. The van der Waals surface area contributed by atoms with E-state index in [4.69, 9.17) is 11.7 Å². The van der Waals surface area contributed by atoms with E-state index in [1.54, 1.807) is 0 Å². The van der Waals surface area contributed by atoms with E-state index >= 15 is 0 Å². The Kier molecular flexibility index (Phi) is 3.57. The van der Waals surface area contributed by atoms with Crippen LogP contribution in [0.4, 0.5) is 0 Å². The SMILES string of the molecule is C#CCNC(=O)[C@H](C#N)c1nc2ccccc2s1. The van der Waals surface area contributed by atoms with Crippen molar-refractivity contribution in [2.75, 3.05) is 6.54 Å². The molecule has 0 spiro atoms. The van der Waals surface area contributed by atoms with Gasteiger partial charge in [-0.15, -0.1) is 17.8 Å². The van der Waals surface area contributed by atoms with Gasteiger partial charge in [0.25, 0.3) is 0 Å². The van der Waals surface area contributed by atoms with Crippen LogP contribution in [0.15, 0.2) is 24.3 Å². The zero-order valence-electron chi connectivity index (χ0n) is 9.38. The fraction of sp³-hybridized carbons (Fsp3) is 0.154. The molecular weight excluding hydrogens is 246 g/mol. The Balaban J connectivity index is 2.31. The third kappa shape index (κ3) is 2.32. The van der Waals surface area contributed by atoms with Crippen molar-refractivity contribution >= 4 is 27.5 Å². The quantitative estimate of drug-likeness (QED) is 0.848. The summed E-state index contributed by atoms with van der Waals surface area (Å²) in [6, 6.07) is 9.47. The Morgan fingerprint density at radius 2 is 2.33 bits per heavy atom. The van der Waals surface area contributed by atoms with Crippen molar-refractivity contribution < 1.29 is 4.79 Å². The van der Waals surface area contributed by atoms with Crippen LogP contribution in [-0.4, -0.2) is 17.4 Å². The first-order valence-electron chi connectivity index (χ1n) is 5.22. The van der Waals surface area contributed by atoms with Crippen LogP contribution in [0.25, 0.3) is 10.2 Å². The first-order chi connectivity index (χ1) is 8.76. The summed E-state index contributed by atoms with van der Waals surface area (Å²) in [6.07, 6.45) is 5.06. The molecule has 2 aromatic rings. The average molecular weight is 255 g/mol. The van der Waals surface area contributed by atoms with Gasteiger partial charge in [0.15, 0.2) is 5.92 Å². The van der Waals surface area contributed by atoms with E-state index < -0.39 is 11.8 Å². The van der Waals surface area contributed by atoms with Crippen molar-refractivity contribution in [2.24, 2.45) is 0 Å². The molecule has 1 amide bonds. The molecule has 1 atom stereocenters. The lowest BCUT2D eigenvalue weighted by Crippen LogP contribution is -2.28. The molecule has 0 radical (unpaired) electrons. The molecule has 0 aliphatic carbocycles. The average Bonchev–Trinajstić information content (AvgIpc) is 2.80.